The molecule has 1 aromatic rings. The van der Waals surface area contributed by atoms with E-state index in [1.165, 1.54) is 0 Å². The summed E-state index contributed by atoms with van der Waals surface area (Å²) in [5.41, 5.74) is 2.67. The summed E-state index contributed by atoms with van der Waals surface area (Å²) in [6.07, 6.45) is 0.676. The molecule has 1 amide bonds. The Bertz CT molecular complexity index is 454. The number of carboxylic acid groups (broad SMARTS) is 1. The molecule has 1 atom stereocenters. The molecule has 0 aliphatic carbocycles. The number of aryl methyl sites for hydroxylation is 1. The summed E-state index contributed by atoms with van der Waals surface area (Å²) in [7, 11) is 0. The third kappa shape index (κ3) is 1.66. The van der Waals surface area contributed by atoms with E-state index in [0.29, 0.717) is 0 Å². The number of anilines is 1. The lowest BCUT2D eigenvalue weighted by Gasteiger charge is -2.06. The maximum atomic E-state index is 11.7. The number of para-hydroxylation sites is 1. The first kappa shape index (κ1) is 10.7. The second-order valence-corrected chi connectivity index (χ2v) is 3.87. The Kier molecular flexibility index (Phi) is 2.64. The summed E-state index contributed by atoms with van der Waals surface area (Å²) in [5, 5.41) is 11.5. The second-order valence-electron chi connectivity index (χ2n) is 3.87. The van der Waals surface area contributed by atoms with Crippen molar-refractivity contribution in [2.24, 2.45) is 0 Å². The number of hydrogen-bond acceptors (Lipinski definition) is 2. The van der Waals surface area contributed by atoms with E-state index in [4.69, 9.17) is 5.11 Å². The molecule has 4 heteroatoms. The summed E-state index contributed by atoms with van der Waals surface area (Å²) < 4.78 is 0. The monoisotopic (exact) mass is 219 g/mol. The fraction of sp³-hybridized carbons (Fsp3) is 0.333. The number of rotatable bonds is 3. The number of carbonyl (C=O) groups excluding carboxylic acids is 1. The van der Waals surface area contributed by atoms with Crippen molar-refractivity contribution in [1.29, 1.82) is 0 Å². The van der Waals surface area contributed by atoms with Crippen molar-refractivity contribution in [3.63, 3.8) is 0 Å². The smallest absolute Gasteiger partial charge is 0.304 e. The highest BCUT2D eigenvalue weighted by Gasteiger charge is 2.33. The highest BCUT2D eigenvalue weighted by molar-refractivity contribution is 6.05. The van der Waals surface area contributed by atoms with E-state index in [1.807, 2.05) is 25.1 Å². The molecule has 1 aliphatic heterocycles. The van der Waals surface area contributed by atoms with E-state index in [-0.39, 0.29) is 12.3 Å². The Hall–Kier alpha value is -1.84. The molecule has 0 aromatic heterocycles. The van der Waals surface area contributed by atoms with Crippen LogP contribution in [0.3, 0.4) is 0 Å². The highest BCUT2D eigenvalue weighted by Crippen LogP contribution is 2.37. The summed E-state index contributed by atoms with van der Waals surface area (Å²) in [6, 6.07) is 5.63. The third-order valence-corrected chi connectivity index (χ3v) is 2.88. The van der Waals surface area contributed by atoms with Gasteiger partial charge in [-0.25, -0.2) is 0 Å². The van der Waals surface area contributed by atoms with Gasteiger partial charge in [-0.2, -0.15) is 0 Å². The first-order chi connectivity index (χ1) is 7.63. The van der Waals surface area contributed by atoms with Gasteiger partial charge < -0.3 is 10.4 Å². The van der Waals surface area contributed by atoms with Crippen LogP contribution in [0.4, 0.5) is 5.69 Å². The summed E-state index contributed by atoms with van der Waals surface area (Å²) in [6.45, 7) is 2.01. The summed E-state index contributed by atoms with van der Waals surface area (Å²) >= 11 is 0. The van der Waals surface area contributed by atoms with Gasteiger partial charge in [-0.15, -0.1) is 0 Å². The Labute approximate surface area is 93.3 Å². The summed E-state index contributed by atoms with van der Waals surface area (Å²) in [5.74, 6) is -1.70. The lowest BCUT2D eigenvalue weighted by molar-refractivity contribution is -0.138. The standard InChI is InChI=1S/C12H13NO3/c1-2-7-4-3-5-8-9(6-10(14)15)12(16)13-11(7)8/h3-5,9H,2,6H2,1H3,(H,13,16)(H,14,15). The lowest BCUT2D eigenvalue weighted by atomic mass is 9.95. The molecule has 0 radical (unpaired) electrons. The fourth-order valence-electron chi connectivity index (χ4n) is 2.09. The molecule has 0 bridgehead atoms. The van der Waals surface area contributed by atoms with Crippen LogP contribution in [0.2, 0.25) is 0 Å². The van der Waals surface area contributed by atoms with Gasteiger partial charge in [0.15, 0.2) is 0 Å². The number of hydrogen-bond donors (Lipinski definition) is 2. The Morgan fingerprint density at radius 3 is 2.88 bits per heavy atom. The van der Waals surface area contributed by atoms with E-state index in [1.54, 1.807) is 0 Å². The highest BCUT2D eigenvalue weighted by atomic mass is 16.4. The summed E-state index contributed by atoms with van der Waals surface area (Å²) in [4.78, 5) is 22.3. The molecule has 1 heterocycles. The number of benzene rings is 1. The van der Waals surface area contributed by atoms with E-state index >= 15 is 0 Å². The van der Waals surface area contributed by atoms with Crippen molar-refractivity contribution in [2.45, 2.75) is 25.7 Å². The zero-order valence-electron chi connectivity index (χ0n) is 8.99. The van der Waals surface area contributed by atoms with Gasteiger partial charge in [0.25, 0.3) is 0 Å². The minimum absolute atomic E-state index is 0.147. The normalized spacial score (nSPS) is 18.1. The van der Waals surface area contributed by atoms with Gasteiger partial charge in [0.1, 0.15) is 0 Å². The van der Waals surface area contributed by atoms with Crippen LogP contribution in [-0.4, -0.2) is 17.0 Å². The quantitative estimate of drug-likeness (QED) is 0.814. The van der Waals surface area contributed by atoms with Crippen molar-refractivity contribution in [1.82, 2.24) is 0 Å². The van der Waals surface area contributed by atoms with Crippen LogP contribution in [0.1, 0.15) is 30.4 Å². The molecule has 2 rings (SSSR count). The number of aliphatic carboxylic acids is 1. The van der Waals surface area contributed by atoms with E-state index in [2.05, 4.69) is 5.32 Å². The molecule has 4 nitrogen and oxygen atoms in total. The van der Waals surface area contributed by atoms with Crippen LogP contribution in [0.15, 0.2) is 18.2 Å². The number of nitrogens with one attached hydrogen (secondary N) is 1. The van der Waals surface area contributed by atoms with Gasteiger partial charge in [-0.1, -0.05) is 25.1 Å². The average molecular weight is 219 g/mol. The molecular formula is C12H13NO3. The Balaban J connectivity index is 2.41. The third-order valence-electron chi connectivity index (χ3n) is 2.88. The van der Waals surface area contributed by atoms with Crippen molar-refractivity contribution >= 4 is 17.6 Å². The first-order valence-electron chi connectivity index (χ1n) is 5.28. The van der Waals surface area contributed by atoms with E-state index in [9.17, 15) is 9.59 Å². The zero-order chi connectivity index (χ0) is 11.7. The Morgan fingerprint density at radius 1 is 1.50 bits per heavy atom. The fourth-order valence-corrected chi connectivity index (χ4v) is 2.09. The Morgan fingerprint density at radius 2 is 2.25 bits per heavy atom. The van der Waals surface area contributed by atoms with Crippen LogP contribution in [0, 0.1) is 0 Å². The maximum absolute atomic E-state index is 11.7. The molecule has 84 valence electrons. The predicted octanol–water partition coefficient (Wildman–Crippen LogP) is 1.76. The van der Waals surface area contributed by atoms with Gasteiger partial charge in [0.2, 0.25) is 5.91 Å². The van der Waals surface area contributed by atoms with Crippen LogP contribution < -0.4 is 5.32 Å². The largest absolute Gasteiger partial charge is 0.481 e. The molecule has 0 saturated carbocycles. The lowest BCUT2D eigenvalue weighted by Crippen LogP contribution is -2.15. The minimum atomic E-state index is -0.949. The molecule has 1 aromatic carbocycles. The average Bonchev–Trinajstić information content (AvgIpc) is 2.55. The van der Waals surface area contributed by atoms with Gasteiger partial charge in [-0.05, 0) is 17.5 Å². The van der Waals surface area contributed by atoms with Crippen molar-refractivity contribution in [2.75, 3.05) is 5.32 Å². The molecule has 1 unspecified atom stereocenters. The zero-order valence-corrected chi connectivity index (χ0v) is 8.99. The second kappa shape index (κ2) is 3.96. The SMILES string of the molecule is CCc1cccc2c1NC(=O)C2CC(=O)O. The minimum Gasteiger partial charge on any atom is -0.481 e. The number of fused-ring (bicyclic) bond motifs is 1. The van der Waals surface area contributed by atoms with E-state index in [0.717, 1.165) is 23.2 Å². The topological polar surface area (TPSA) is 66.4 Å². The first-order valence-corrected chi connectivity index (χ1v) is 5.28. The van der Waals surface area contributed by atoms with Crippen molar-refractivity contribution in [3.05, 3.63) is 29.3 Å². The molecule has 2 N–H and O–H groups in total. The van der Waals surface area contributed by atoms with Crippen molar-refractivity contribution < 1.29 is 14.7 Å². The number of carbonyl (C=O) groups is 2. The molecule has 1 aliphatic rings. The van der Waals surface area contributed by atoms with E-state index < -0.39 is 11.9 Å². The molecule has 0 saturated heterocycles. The predicted molar refractivity (Wildman–Crippen MR) is 59.4 cm³/mol. The maximum Gasteiger partial charge on any atom is 0.304 e. The van der Waals surface area contributed by atoms with Crippen molar-refractivity contribution in [3.8, 4) is 0 Å². The molecule has 0 fully saturated rings. The molecule has 0 spiro atoms. The van der Waals surface area contributed by atoms with Crippen LogP contribution >= 0.6 is 0 Å². The van der Waals surface area contributed by atoms with Crippen LogP contribution in [0.25, 0.3) is 0 Å². The number of amides is 1. The molecule has 16 heavy (non-hydrogen) atoms. The molecular weight excluding hydrogens is 206 g/mol. The number of carboxylic acids is 1. The van der Waals surface area contributed by atoms with Gasteiger partial charge in [0, 0.05) is 5.69 Å². The van der Waals surface area contributed by atoms with Gasteiger partial charge in [0.05, 0.1) is 12.3 Å². The van der Waals surface area contributed by atoms with Crippen LogP contribution in [0.5, 0.6) is 0 Å². The van der Waals surface area contributed by atoms with Gasteiger partial charge >= 0.3 is 5.97 Å². The van der Waals surface area contributed by atoms with Crippen LogP contribution in [-0.2, 0) is 16.0 Å². The van der Waals surface area contributed by atoms with Gasteiger partial charge in [-0.3, -0.25) is 9.59 Å².